The molecule has 1 saturated heterocycles. The molecule has 1 aliphatic heterocycles. The topological polar surface area (TPSA) is 49.8 Å². The van der Waals surface area contributed by atoms with Gasteiger partial charge in [-0.3, -0.25) is 9.69 Å². The number of ether oxygens (including phenoxy) is 1. The van der Waals surface area contributed by atoms with Gasteiger partial charge in [0, 0.05) is 12.1 Å². The molecule has 1 atom stereocenters. The number of piperidine rings is 1. The van der Waals surface area contributed by atoms with E-state index >= 15 is 0 Å². The molecule has 2 aromatic rings. The molecule has 4 heteroatoms. The van der Waals surface area contributed by atoms with E-state index in [1.807, 2.05) is 18.2 Å². The van der Waals surface area contributed by atoms with Gasteiger partial charge in [0.25, 0.3) is 0 Å². The first kappa shape index (κ1) is 20.1. The van der Waals surface area contributed by atoms with E-state index < -0.39 is 0 Å². The van der Waals surface area contributed by atoms with Crippen molar-refractivity contribution in [1.29, 1.82) is 0 Å². The smallest absolute Gasteiger partial charge is 0.183 e. The summed E-state index contributed by atoms with van der Waals surface area (Å²) < 4.78 is 5.54. The monoisotopic (exact) mass is 393 g/mol. The van der Waals surface area contributed by atoms with Gasteiger partial charge in [-0.1, -0.05) is 24.3 Å². The number of aliphatic hydroxyl groups is 1. The molecule has 1 heterocycles. The van der Waals surface area contributed by atoms with E-state index in [9.17, 15) is 4.79 Å². The van der Waals surface area contributed by atoms with Crippen LogP contribution in [0.1, 0.15) is 52.7 Å². The minimum Gasteiger partial charge on any atom is -0.491 e. The number of rotatable bonds is 6. The van der Waals surface area contributed by atoms with Crippen LogP contribution in [0.15, 0.2) is 42.5 Å². The summed E-state index contributed by atoms with van der Waals surface area (Å²) in [6.07, 6.45) is 6.03. The predicted molar refractivity (Wildman–Crippen MR) is 115 cm³/mol. The number of likely N-dealkylation sites (tertiary alicyclic amines) is 1. The highest BCUT2D eigenvalue weighted by atomic mass is 16.5. The second-order valence-electron chi connectivity index (χ2n) is 8.37. The zero-order valence-corrected chi connectivity index (χ0v) is 17.3. The summed E-state index contributed by atoms with van der Waals surface area (Å²) in [6, 6.07) is 14.3. The van der Waals surface area contributed by atoms with Gasteiger partial charge in [0.2, 0.25) is 0 Å². The third kappa shape index (κ3) is 3.96. The van der Waals surface area contributed by atoms with Crippen molar-refractivity contribution in [3.05, 3.63) is 64.7 Å². The number of ketones is 1. The van der Waals surface area contributed by atoms with E-state index in [0.29, 0.717) is 0 Å². The quantitative estimate of drug-likeness (QED) is 0.807. The molecule has 4 rings (SSSR count). The Morgan fingerprint density at radius 2 is 2.00 bits per heavy atom. The van der Waals surface area contributed by atoms with Crippen molar-refractivity contribution < 1.29 is 14.6 Å². The Morgan fingerprint density at radius 3 is 2.83 bits per heavy atom. The van der Waals surface area contributed by atoms with Crippen LogP contribution in [0.2, 0.25) is 0 Å². The molecule has 29 heavy (non-hydrogen) atoms. The van der Waals surface area contributed by atoms with Crippen LogP contribution in [-0.2, 0) is 12.8 Å². The molecule has 0 radical (unpaired) electrons. The Hall–Kier alpha value is -2.17. The molecule has 1 aliphatic carbocycles. The second-order valence-corrected chi connectivity index (χ2v) is 8.37. The highest BCUT2D eigenvalue weighted by Crippen LogP contribution is 2.40. The van der Waals surface area contributed by atoms with Gasteiger partial charge in [0.1, 0.15) is 12.4 Å². The van der Waals surface area contributed by atoms with Gasteiger partial charge in [-0.05, 0) is 86.9 Å². The summed E-state index contributed by atoms with van der Waals surface area (Å²) in [5, 5.41) is 8.97. The minimum absolute atomic E-state index is 0.00499. The Labute approximate surface area is 173 Å². The van der Waals surface area contributed by atoms with Crippen molar-refractivity contribution in [2.45, 2.75) is 51.0 Å². The van der Waals surface area contributed by atoms with Gasteiger partial charge in [-0.25, -0.2) is 0 Å². The Morgan fingerprint density at radius 1 is 1.14 bits per heavy atom. The van der Waals surface area contributed by atoms with E-state index in [1.165, 1.54) is 17.5 Å². The SMILES string of the molecule is Cc1ccccc1CCN1CCCCC12CCc1cc(OCCO)ccc1C2=O. The number of benzene rings is 2. The van der Waals surface area contributed by atoms with Gasteiger partial charge >= 0.3 is 0 Å². The number of carbonyl (C=O) groups is 1. The van der Waals surface area contributed by atoms with Crippen molar-refractivity contribution >= 4 is 5.78 Å². The first-order valence-electron chi connectivity index (χ1n) is 10.8. The van der Waals surface area contributed by atoms with E-state index in [0.717, 1.165) is 62.1 Å². The summed E-state index contributed by atoms with van der Waals surface area (Å²) in [7, 11) is 0. The predicted octanol–water partition coefficient (Wildman–Crippen LogP) is 3.96. The van der Waals surface area contributed by atoms with Crippen molar-refractivity contribution in [2.75, 3.05) is 26.3 Å². The summed E-state index contributed by atoms with van der Waals surface area (Å²) in [5.41, 5.74) is 4.30. The van der Waals surface area contributed by atoms with Crippen molar-refractivity contribution in [3.63, 3.8) is 0 Å². The van der Waals surface area contributed by atoms with Crippen LogP contribution in [0.3, 0.4) is 0 Å². The number of hydrogen-bond donors (Lipinski definition) is 1. The lowest BCUT2D eigenvalue weighted by atomic mass is 9.71. The van der Waals surface area contributed by atoms with E-state index in [2.05, 4.69) is 36.1 Å². The fourth-order valence-electron chi connectivity index (χ4n) is 5.06. The standard InChI is InChI=1S/C25H31NO3/c1-19-6-2-3-7-20(19)11-15-26-14-5-4-12-25(26)13-10-21-18-22(29-17-16-27)8-9-23(21)24(25)28/h2-3,6-9,18,27H,4-5,10-17H2,1H3. The van der Waals surface area contributed by atoms with E-state index in [4.69, 9.17) is 9.84 Å². The average Bonchev–Trinajstić information content (AvgIpc) is 2.75. The molecule has 4 nitrogen and oxygen atoms in total. The first-order chi connectivity index (χ1) is 14.1. The Kier molecular flexibility index (Phi) is 6.02. The normalized spacial score (nSPS) is 21.9. The summed E-state index contributed by atoms with van der Waals surface area (Å²) in [5.74, 6) is 1.03. The fraction of sp³-hybridized carbons (Fsp3) is 0.480. The summed E-state index contributed by atoms with van der Waals surface area (Å²) >= 11 is 0. The highest BCUT2D eigenvalue weighted by molar-refractivity contribution is 6.05. The molecule has 1 fully saturated rings. The number of aryl methyl sites for hydroxylation is 2. The second kappa shape index (κ2) is 8.68. The molecule has 1 spiro atoms. The molecular weight excluding hydrogens is 362 g/mol. The van der Waals surface area contributed by atoms with E-state index in [-0.39, 0.29) is 24.5 Å². The first-order valence-corrected chi connectivity index (χ1v) is 10.8. The molecule has 154 valence electrons. The third-order valence-electron chi connectivity index (χ3n) is 6.70. The maximum atomic E-state index is 13.7. The van der Waals surface area contributed by atoms with Crippen molar-refractivity contribution in [1.82, 2.24) is 4.90 Å². The van der Waals surface area contributed by atoms with Crippen LogP contribution >= 0.6 is 0 Å². The summed E-state index contributed by atoms with van der Waals surface area (Å²) in [4.78, 5) is 16.2. The number of carbonyl (C=O) groups excluding carboxylic acids is 1. The molecule has 2 aromatic carbocycles. The largest absolute Gasteiger partial charge is 0.491 e. The van der Waals surface area contributed by atoms with Gasteiger partial charge < -0.3 is 9.84 Å². The van der Waals surface area contributed by atoms with Crippen molar-refractivity contribution in [2.24, 2.45) is 0 Å². The molecule has 0 aromatic heterocycles. The van der Waals surface area contributed by atoms with Crippen LogP contribution in [-0.4, -0.2) is 47.6 Å². The van der Waals surface area contributed by atoms with Crippen LogP contribution in [0.25, 0.3) is 0 Å². The number of Topliss-reactive ketones (excluding diaryl/α,β-unsaturated/α-hetero) is 1. The summed E-state index contributed by atoms with van der Waals surface area (Å²) in [6.45, 7) is 4.38. The average molecular weight is 394 g/mol. The van der Waals surface area contributed by atoms with Crippen LogP contribution in [0, 0.1) is 6.92 Å². The lowest BCUT2D eigenvalue weighted by molar-refractivity contribution is 0.0298. The van der Waals surface area contributed by atoms with Gasteiger partial charge in [-0.2, -0.15) is 0 Å². The molecule has 2 aliphatic rings. The van der Waals surface area contributed by atoms with Gasteiger partial charge in [-0.15, -0.1) is 0 Å². The number of nitrogens with zero attached hydrogens (tertiary/aromatic N) is 1. The van der Waals surface area contributed by atoms with Crippen LogP contribution < -0.4 is 4.74 Å². The lowest BCUT2D eigenvalue weighted by Gasteiger charge is -2.48. The van der Waals surface area contributed by atoms with Gasteiger partial charge in [0.15, 0.2) is 5.78 Å². The van der Waals surface area contributed by atoms with Crippen LogP contribution in [0.4, 0.5) is 0 Å². The molecule has 0 saturated carbocycles. The van der Waals surface area contributed by atoms with Crippen molar-refractivity contribution in [3.8, 4) is 5.75 Å². The maximum Gasteiger partial charge on any atom is 0.183 e. The number of aliphatic hydroxyl groups excluding tert-OH is 1. The van der Waals surface area contributed by atoms with Gasteiger partial charge in [0.05, 0.1) is 12.1 Å². The van der Waals surface area contributed by atoms with Crippen LogP contribution in [0.5, 0.6) is 5.75 Å². The Balaban J connectivity index is 1.55. The van der Waals surface area contributed by atoms with E-state index in [1.54, 1.807) is 0 Å². The maximum absolute atomic E-state index is 13.7. The fourth-order valence-corrected chi connectivity index (χ4v) is 5.06. The number of fused-ring (bicyclic) bond motifs is 1. The Bertz CT molecular complexity index is 878. The third-order valence-corrected chi connectivity index (χ3v) is 6.70. The highest BCUT2D eigenvalue weighted by Gasteiger charge is 2.47. The number of hydrogen-bond acceptors (Lipinski definition) is 4. The molecule has 0 amide bonds. The molecule has 0 bridgehead atoms. The molecule has 1 N–H and O–H groups in total. The minimum atomic E-state index is -0.346. The molecular formula is C25H31NO3. The molecule has 1 unspecified atom stereocenters. The zero-order chi connectivity index (χ0) is 20.3. The zero-order valence-electron chi connectivity index (χ0n) is 17.3. The lowest BCUT2D eigenvalue weighted by Crippen LogP contribution is -2.59.